The molecule has 0 saturated heterocycles. The number of carbonyl (C=O) groups excluding carboxylic acids is 2. The van der Waals surface area contributed by atoms with Crippen molar-refractivity contribution in [3.8, 4) is 11.4 Å². The van der Waals surface area contributed by atoms with Crippen molar-refractivity contribution in [1.82, 2.24) is 14.9 Å². The normalized spacial score (nSPS) is 14.9. The molecule has 0 atom stereocenters. The Morgan fingerprint density at radius 2 is 2.26 bits per heavy atom. The van der Waals surface area contributed by atoms with Gasteiger partial charge >= 0.3 is 0 Å². The van der Waals surface area contributed by atoms with Crippen molar-refractivity contribution in [1.29, 1.82) is 0 Å². The minimum Gasteiger partial charge on any atom is -0.483 e. The first-order valence-electron chi connectivity index (χ1n) is 6.44. The fourth-order valence-corrected chi connectivity index (χ4v) is 2.24. The summed E-state index contributed by atoms with van der Waals surface area (Å²) >= 11 is 11.1. The predicted molar refractivity (Wildman–Crippen MR) is 85.8 cm³/mol. The maximum absolute atomic E-state index is 11.3. The van der Waals surface area contributed by atoms with Gasteiger partial charge in [0.15, 0.2) is 12.4 Å². The Balaban J connectivity index is 1.95. The number of ether oxygens (including phenoxy) is 1. The molecule has 2 aromatic rings. The molecule has 1 aliphatic heterocycles. The Hall–Kier alpha value is -2.58. The minimum atomic E-state index is -0.622. The van der Waals surface area contributed by atoms with E-state index in [1.54, 1.807) is 24.3 Å². The van der Waals surface area contributed by atoms with Crippen LogP contribution in [0.15, 0.2) is 41.2 Å². The number of H-pyrrole nitrogens is 1. The van der Waals surface area contributed by atoms with Gasteiger partial charge in [-0.25, -0.2) is 5.10 Å². The van der Waals surface area contributed by atoms with Crippen LogP contribution in [0.2, 0.25) is 5.02 Å². The van der Waals surface area contributed by atoms with Crippen LogP contribution in [-0.4, -0.2) is 39.3 Å². The summed E-state index contributed by atoms with van der Waals surface area (Å²) in [5, 5.41) is 11.4. The highest BCUT2D eigenvalue weighted by Gasteiger charge is 2.19. The molecule has 1 aromatic heterocycles. The van der Waals surface area contributed by atoms with Crippen molar-refractivity contribution in [3.05, 3.63) is 45.9 Å². The summed E-state index contributed by atoms with van der Waals surface area (Å²) in [5.74, 6) is -0.590. The van der Waals surface area contributed by atoms with Crippen molar-refractivity contribution < 1.29 is 14.3 Å². The van der Waals surface area contributed by atoms with Gasteiger partial charge in [0, 0.05) is 16.7 Å². The SMILES string of the molecule is O=C1C=C(/C=N/n2c(-c3cccc(Cl)c3)n[nH]c2=S)OCC1=O. The van der Waals surface area contributed by atoms with Crippen LogP contribution in [0, 0.1) is 4.77 Å². The zero-order valence-electron chi connectivity index (χ0n) is 11.5. The van der Waals surface area contributed by atoms with Crippen molar-refractivity contribution in [2.45, 2.75) is 0 Å². The average Bonchev–Trinajstić information content (AvgIpc) is 2.89. The Morgan fingerprint density at radius 3 is 3.00 bits per heavy atom. The van der Waals surface area contributed by atoms with Crippen molar-refractivity contribution >= 4 is 41.6 Å². The molecule has 116 valence electrons. The van der Waals surface area contributed by atoms with Crippen LogP contribution in [0.3, 0.4) is 0 Å². The largest absolute Gasteiger partial charge is 0.483 e. The van der Waals surface area contributed by atoms with Gasteiger partial charge in [-0.15, -0.1) is 0 Å². The lowest BCUT2D eigenvalue weighted by atomic mass is 10.2. The second-order valence-corrected chi connectivity index (χ2v) is 5.37. The molecule has 2 heterocycles. The monoisotopic (exact) mass is 348 g/mol. The standard InChI is InChI=1S/C14H9ClN4O3S/c15-9-3-1-2-8(4-9)13-17-18-14(23)19(13)16-6-10-5-11(20)12(21)7-22-10/h1-6H,7H2,(H,18,23)/b16-6+. The third kappa shape index (κ3) is 3.27. The molecule has 1 N–H and O–H groups in total. The minimum absolute atomic E-state index is 0.176. The second kappa shape index (κ2) is 6.27. The molecule has 0 bridgehead atoms. The fraction of sp³-hybridized carbons (Fsp3) is 0.0714. The maximum Gasteiger partial charge on any atom is 0.240 e. The van der Waals surface area contributed by atoms with E-state index in [-0.39, 0.29) is 17.1 Å². The molecule has 0 fully saturated rings. The van der Waals surface area contributed by atoms with Gasteiger partial charge in [0.1, 0.15) is 5.76 Å². The lowest BCUT2D eigenvalue weighted by molar-refractivity contribution is -0.137. The summed E-state index contributed by atoms with van der Waals surface area (Å²) < 4.78 is 6.73. The van der Waals surface area contributed by atoms with Crippen LogP contribution in [0.4, 0.5) is 0 Å². The van der Waals surface area contributed by atoms with Gasteiger partial charge in [-0.3, -0.25) is 9.59 Å². The van der Waals surface area contributed by atoms with Crippen molar-refractivity contribution in [3.63, 3.8) is 0 Å². The zero-order chi connectivity index (χ0) is 16.4. The zero-order valence-corrected chi connectivity index (χ0v) is 13.1. The highest BCUT2D eigenvalue weighted by atomic mass is 35.5. The van der Waals surface area contributed by atoms with Crippen LogP contribution in [0.1, 0.15) is 0 Å². The summed E-state index contributed by atoms with van der Waals surface area (Å²) in [6, 6.07) is 7.04. The lowest BCUT2D eigenvalue weighted by Crippen LogP contribution is -2.23. The van der Waals surface area contributed by atoms with E-state index in [9.17, 15) is 9.59 Å². The molecule has 3 rings (SSSR count). The van der Waals surface area contributed by atoms with Gasteiger partial charge in [-0.1, -0.05) is 23.7 Å². The fourth-order valence-electron chi connectivity index (χ4n) is 1.87. The van der Waals surface area contributed by atoms with Gasteiger partial charge in [0.25, 0.3) is 0 Å². The number of ketones is 2. The lowest BCUT2D eigenvalue weighted by Gasteiger charge is -2.09. The van der Waals surface area contributed by atoms with Gasteiger partial charge in [-0.05, 0) is 24.4 Å². The number of benzene rings is 1. The quantitative estimate of drug-likeness (QED) is 0.521. The molecule has 23 heavy (non-hydrogen) atoms. The van der Waals surface area contributed by atoms with E-state index in [2.05, 4.69) is 15.3 Å². The first kappa shape index (κ1) is 15.3. The number of rotatable bonds is 3. The number of Topliss-reactive ketones (excluding diaryl/α,β-unsaturated/α-hetero) is 1. The molecule has 0 amide bonds. The van der Waals surface area contributed by atoms with E-state index in [4.69, 9.17) is 28.6 Å². The molecule has 0 aliphatic carbocycles. The predicted octanol–water partition coefficient (Wildman–Crippen LogP) is 2.15. The molecule has 1 aromatic carbocycles. The van der Waals surface area contributed by atoms with Crippen LogP contribution in [0.25, 0.3) is 11.4 Å². The highest BCUT2D eigenvalue weighted by molar-refractivity contribution is 7.71. The molecule has 0 spiro atoms. The number of aromatic nitrogens is 3. The number of nitrogens with one attached hydrogen (secondary N) is 1. The first-order valence-corrected chi connectivity index (χ1v) is 7.22. The molecule has 9 heteroatoms. The number of hydrogen-bond donors (Lipinski definition) is 1. The summed E-state index contributed by atoms with van der Waals surface area (Å²) in [6.45, 7) is -0.297. The topological polar surface area (TPSA) is 89.3 Å². The third-order valence-corrected chi connectivity index (χ3v) is 3.45. The van der Waals surface area contributed by atoms with Crippen molar-refractivity contribution in [2.75, 3.05) is 6.61 Å². The average molecular weight is 349 g/mol. The van der Waals surface area contributed by atoms with Crippen LogP contribution < -0.4 is 0 Å². The molecule has 0 radical (unpaired) electrons. The molecule has 0 unspecified atom stereocenters. The molecular weight excluding hydrogens is 340 g/mol. The number of allylic oxidation sites excluding steroid dienone is 2. The Labute approximate surface area is 140 Å². The summed E-state index contributed by atoms with van der Waals surface area (Å²) in [4.78, 5) is 22.4. The summed E-state index contributed by atoms with van der Waals surface area (Å²) in [5.41, 5.74) is 0.715. The van der Waals surface area contributed by atoms with E-state index in [0.29, 0.717) is 16.4 Å². The number of carbonyl (C=O) groups is 2. The number of aromatic amines is 1. The Morgan fingerprint density at radius 1 is 1.43 bits per heavy atom. The van der Waals surface area contributed by atoms with Gasteiger partial charge in [0.05, 0.1) is 6.21 Å². The second-order valence-electron chi connectivity index (χ2n) is 4.54. The summed E-state index contributed by atoms with van der Waals surface area (Å²) in [7, 11) is 0. The first-order chi connectivity index (χ1) is 11.0. The molecule has 0 saturated carbocycles. The van der Waals surface area contributed by atoms with Crippen LogP contribution in [-0.2, 0) is 14.3 Å². The van der Waals surface area contributed by atoms with E-state index >= 15 is 0 Å². The Bertz CT molecular complexity index is 913. The van der Waals surface area contributed by atoms with Crippen molar-refractivity contribution in [2.24, 2.45) is 5.10 Å². The van der Waals surface area contributed by atoms with E-state index in [0.717, 1.165) is 6.08 Å². The van der Waals surface area contributed by atoms with E-state index in [1.165, 1.54) is 10.9 Å². The van der Waals surface area contributed by atoms with E-state index in [1.807, 2.05) is 0 Å². The third-order valence-electron chi connectivity index (χ3n) is 2.95. The summed E-state index contributed by atoms with van der Waals surface area (Å²) in [6.07, 6.45) is 2.38. The maximum atomic E-state index is 11.3. The van der Waals surface area contributed by atoms with Gasteiger partial charge in [-0.2, -0.15) is 14.9 Å². The number of halogens is 1. The van der Waals surface area contributed by atoms with Gasteiger partial charge in [0.2, 0.25) is 16.3 Å². The van der Waals surface area contributed by atoms with E-state index < -0.39 is 11.6 Å². The van der Waals surface area contributed by atoms with Gasteiger partial charge < -0.3 is 4.74 Å². The van der Waals surface area contributed by atoms with Crippen LogP contribution in [0.5, 0.6) is 0 Å². The smallest absolute Gasteiger partial charge is 0.240 e. The van der Waals surface area contributed by atoms with Crippen LogP contribution >= 0.6 is 23.8 Å². The highest BCUT2D eigenvalue weighted by Crippen LogP contribution is 2.21. The molecule has 7 nitrogen and oxygen atoms in total. The molecular formula is C14H9ClN4O3S. The Kier molecular flexibility index (Phi) is 4.18. The molecule has 1 aliphatic rings. The number of hydrogen-bond acceptors (Lipinski definition) is 6. The number of nitrogens with zero attached hydrogens (tertiary/aromatic N) is 3.